The smallest absolute Gasteiger partial charge is 0.0626 e. The van der Waals surface area contributed by atoms with Gasteiger partial charge in [-0.15, -0.1) is 11.6 Å². The summed E-state index contributed by atoms with van der Waals surface area (Å²) in [6, 6.07) is -1.50. The fraction of sp³-hybridized carbons (Fsp3) is 0.143. The lowest BCUT2D eigenvalue weighted by molar-refractivity contribution is 1.41. The molecule has 0 nitrogen and oxygen atoms in total. The van der Waals surface area contributed by atoms with Gasteiger partial charge in [-0.25, -0.2) is 0 Å². The van der Waals surface area contributed by atoms with Gasteiger partial charge in [0.25, 0.3) is 0 Å². The van der Waals surface area contributed by atoms with Crippen LogP contribution in [0.4, 0.5) is 0 Å². The summed E-state index contributed by atoms with van der Waals surface area (Å²) in [5, 5.41) is 0. The molecule has 0 aliphatic heterocycles. The van der Waals surface area contributed by atoms with Gasteiger partial charge in [0.1, 0.15) is 0 Å². The van der Waals surface area contributed by atoms with Crippen LogP contribution in [0.2, 0.25) is 0 Å². The number of rotatable bonds is 1. The van der Waals surface area contributed by atoms with Crippen molar-refractivity contribution < 1.29 is 6.85 Å². The van der Waals surface area contributed by atoms with Crippen LogP contribution in [-0.2, 0) is 5.88 Å². The van der Waals surface area contributed by atoms with Gasteiger partial charge in [0, 0.05) is 5.88 Å². The lowest BCUT2D eigenvalue weighted by Gasteiger charge is -1.88. The molecule has 42 valence electrons. The summed E-state index contributed by atoms with van der Waals surface area (Å²) in [5.74, 6) is -0.0737. The third-order valence-electron chi connectivity index (χ3n) is 0.685. The molecule has 0 fully saturated rings. The fourth-order valence-electron chi connectivity index (χ4n) is 0.343. The first-order valence-electron chi connectivity index (χ1n) is 4.62. The van der Waals surface area contributed by atoms with E-state index in [1.54, 1.807) is 0 Å². The fourth-order valence-corrected chi connectivity index (χ4v) is 0.476. The van der Waals surface area contributed by atoms with Crippen LogP contribution in [-0.4, -0.2) is 0 Å². The first-order chi connectivity index (χ1) is 6.00. The number of alkyl halides is 1. The zero-order valence-electron chi connectivity index (χ0n) is 9.09. The van der Waals surface area contributed by atoms with Gasteiger partial charge in [-0.3, -0.25) is 0 Å². The summed E-state index contributed by atoms with van der Waals surface area (Å²) < 4.78 is 36.6. The SMILES string of the molecule is [2H]c1c([2H])c([2H])c(CCl)c([2H])c1[2H]. The van der Waals surface area contributed by atoms with Crippen molar-refractivity contribution in [2.45, 2.75) is 5.88 Å². The molecule has 0 aliphatic carbocycles. The molecule has 1 heteroatoms. The van der Waals surface area contributed by atoms with Gasteiger partial charge >= 0.3 is 0 Å². The summed E-state index contributed by atoms with van der Waals surface area (Å²) in [6.07, 6.45) is 0. The second kappa shape index (κ2) is 2.73. The van der Waals surface area contributed by atoms with E-state index in [1.807, 2.05) is 0 Å². The van der Waals surface area contributed by atoms with Gasteiger partial charge < -0.3 is 0 Å². The molecule has 0 N–H and O–H groups in total. The Kier molecular flexibility index (Phi) is 0.694. The van der Waals surface area contributed by atoms with E-state index >= 15 is 0 Å². The van der Waals surface area contributed by atoms with Crippen molar-refractivity contribution in [1.82, 2.24) is 0 Å². The lowest BCUT2D eigenvalue weighted by Crippen LogP contribution is -1.71. The minimum Gasteiger partial charge on any atom is -0.122 e. The maximum atomic E-state index is 7.38. The highest BCUT2D eigenvalue weighted by atomic mass is 35.5. The second-order valence-electron chi connectivity index (χ2n) is 1.24. The van der Waals surface area contributed by atoms with E-state index in [0.29, 0.717) is 0 Å². The third kappa shape index (κ3) is 1.24. The maximum Gasteiger partial charge on any atom is 0.0626 e. The third-order valence-corrected chi connectivity index (χ3v) is 0.953. The molecule has 0 radical (unpaired) electrons. The van der Waals surface area contributed by atoms with Crippen molar-refractivity contribution in [3.8, 4) is 0 Å². The standard InChI is InChI=1S/C7H7Cl/c8-6-7-4-2-1-3-5-7/h1-5H,6H2/i1D,2D,3D,4D,5D. The zero-order chi connectivity index (χ0) is 10.2. The molecule has 0 bridgehead atoms. The van der Waals surface area contributed by atoms with Crippen LogP contribution >= 0.6 is 11.6 Å². The molecule has 0 aliphatic rings. The molecule has 1 aromatic carbocycles. The predicted molar refractivity (Wildman–Crippen MR) is 36.0 cm³/mol. The van der Waals surface area contributed by atoms with Crippen LogP contribution in [0.5, 0.6) is 0 Å². The summed E-state index contributed by atoms with van der Waals surface area (Å²) >= 11 is 5.47. The average molecular weight is 132 g/mol. The Bertz CT molecular complexity index is 320. The van der Waals surface area contributed by atoms with Crippen LogP contribution in [0.1, 0.15) is 12.4 Å². The Hall–Kier alpha value is -0.490. The zero-order valence-corrected chi connectivity index (χ0v) is 4.84. The van der Waals surface area contributed by atoms with Gasteiger partial charge in [-0.1, -0.05) is 30.2 Å². The Labute approximate surface area is 61.1 Å². The van der Waals surface area contributed by atoms with Crippen molar-refractivity contribution >= 4 is 11.6 Å². The van der Waals surface area contributed by atoms with Gasteiger partial charge in [0.2, 0.25) is 0 Å². The van der Waals surface area contributed by atoms with Crippen molar-refractivity contribution in [2.75, 3.05) is 0 Å². The molecule has 0 unspecified atom stereocenters. The number of hydrogen-bond acceptors (Lipinski definition) is 0. The van der Waals surface area contributed by atoms with Crippen LogP contribution in [0, 0.1) is 0 Å². The maximum absolute atomic E-state index is 7.38. The minimum absolute atomic E-state index is 0.0737. The van der Waals surface area contributed by atoms with E-state index in [0.717, 1.165) is 0 Å². The highest BCUT2D eigenvalue weighted by molar-refractivity contribution is 6.17. The van der Waals surface area contributed by atoms with E-state index in [-0.39, 0.29) is 41.7 Å². The molecule has 0 amide bonds. The highest BCUT2D eigenvalue weighted by Gasteiger charge is 1.81. The Morgan fingerprint density at radius 1 is 1.38 bits per heavy atom. The van der Waals surface area contributed by atoms with Crippen molar-refractivity contribution in [1.29, 1.82) is 0 Å². The molecule has 1 rings (SSSR count). The summed E-state index contributed by atoms with van der Waals surface area (Å²) in [6.45, 7) is 0. The van der Waals surface area contributed by atoms with Gasteiger partial charge in [0.15, 0.2) is 0 Å². The largest absolute Gasteiger partial charge is 0.122 e. The van der Waals surface area contributed by atoms with Crippen LogP contribution in [0.25, 0.3) is 0 Å². The Balaban J connectivity index is 3.56. The van der Waals surface area contributed by atoms with Crippen LogP contribution in [0.15, 0.2) is 30.2 Å². The number of halogens is 1. The average Bonchev–Trinajstić information content (AvgIpc) is 2.13. The first-order valence-corrected chi connectivity index (χ1v) is 2.66. The van der Waals surface area contributed by atoms with E-state index in [2.05, 4.69) is 0 Å². The van der Waals surface area contributed by atoms with E-state index in [9.17, 15) is 0 Å². The summed E-state index contributed by atoms with van der Waals surface area (Å²) in [4.78, 5) is 0. The molecule has 0 saturated carbocycles. The van der Waals surface area contributed by atoms with Crippen molar-refractivity contribution in [3.63, 3.8) is 0 Å². The first kappa shape index (κ1) is 2.03. The molecule has 0 saturated heterocycles. The Morgan fingerprint density at radius 2 is 2.00 bits per heavy atom. The summed E-state index contributed by atoms with van der Waals surface area (Å²) in [5.41, 5.74) is 0.146. The van der Waals surface area contributed by atoms with E-state index < -0.39 is 0 Å². The predicted octanol–water partition coefficient (Wildman–Crippen LogP) is 2.43. The lowest BCUT2D eigenvalue weighted by atomic mass is 10.2. The van der Waals surface area contributed by atoms with E-state index in [1.165, 1.54) is 0 Å². The van der Waals surface area contributed by atoms with Crippen molar-refractivity contribution in [3.05, 3.63) is 35.8 Å². The molecule has 8 heavy (non-hydrogen) atoms. The molecule has 0 aromatic heterocycles. The monoisotopic (exact) mass is 131 g/mol. The quantitative estimate of drug-likeness (QED) is 0.514. The van der Waals surface area contributed by atoms with Gasteiger partial charge in [0.05, 0.1) is 6.85 Å². The van der Waals surface area contributed by atoms with Gasteiger partial charge in [-0.2, -0.15) is 0 Å². The minimum atomic E-state index is -0.385. The topological polar surface area (TPSA) is 0 Å². The van der Waals surface area contributed by atoms with Gasteiger partial charge in [-0.05, 0) is 5.56 Å². The van der Waals surface area contributed by atoms with E-state index in [4.69, 9.17) is 18.5 Å². The molecular formula is C7H7Cl. The molecule has 0 spiro atoms. The molecule has 1 aromatic rings. The molecular weight excluding hydrogens is 120 g/mol. The van der Waals surface area contributed by atoms with Crippen molar-refractivity contribution in [2.24, 2.45) is 0 Å². The van der Waals surface area contributed by atoms with Crippen LogP contribution < -0.4 is 0 Å². The molecule has 0 heterocycles. The number of benzene rings is 1. The highest BCUT2D eigenvalue weighted by Crippen LogP contribution is 2.00. The summed E-state index contributed by atoms with van der Waals surface area (Å²) in [7, 11) is 0. The Morgan fingerprint density at radius 3 is 2.50 bits per heavy atom. The van der Waals surface area contributed by atoms with Crippen LogP contribution in [0.3, 0.4) is 0 Å². The normalized spacial score (nSPS) is 17.9. The molecule has 0 atom stereocenters. The second-order valence-corrected chi connectivity index (χ2v) is 1.50. The number of hydrogen-bond donors (Lipinski definition) is 0.